The molecule has 6 heteroatoms. The summed E-state index contributed by atoms with van der Waals surface area (Å²) in [5.74, 6) is 0. The quantitative estimate of drug-likeness (QED) is 0.198. The molecule has 6 aromatic rings. The Morgan fingerprint density at radius 3 is 1.09 bits per heavy atom. The molecule has 0 atom stereocenters. The lowest BCUT2D eigenvalue weighted by Crippen LogP contribution is -2.26. The van der Waals surface area contributed by atoms with Gasteiger partial charge in [-0.15, -0.1) is 0 Å². The molecule has 0 radical (unpaired) electrons. The van der Waals surface area contributed by atoms with E-state index in [0.717, 1.165) is 55.6 Å². The lowest BCUT2D eigenvalue weighted by Gasteiger charge is -2.31. The van der Waals surface area contributed by atoms with Crippen LogP contribution < -0.4 is 0 Å². The summed E-state index contributed by atoms with van der Waals surface area (Å²) in [6.45, 7) is 4.09. The minimum absolute atomic E-state index is 0.201. The number of fused-ring (bicyclic) bond motifs is 10. The highest BCUT2D eigenvalue weighted by Gasteiger charge is 2.52. The van der Waals surface area contributed by atoms with Crippen LogP contribution in [0.3, 0.4) is 0 Å². The van der Waals surface area contributed by atoms with E-state index in [1.54, 1.807) is 72.8 Å². The summed E-state index contributed by atoms with van der Waals surface area (Å²) in [6, 6.07) is 40.4. The maximum Gasteiger partial charge on any atom is 0.206 e. The summed E-state index contributed by atoms with van der Waals surface area (Å²) >= 11 is 0. The second-order valence-electron chi connectivity index (χ2n) is 11.9. The summed E-state index contributed by atoms with van der Waals surface area (Å²) < 4.78 is 55.9. The molecule has 0 amide bonds. The van der Waals surface area contributed by atoms with Crippen LogP contribution in [-0.4, -0.2) is 16.8 Å². The van der Waals surface area contributed by atoms with Gasteiger partial charge in [-0.1, -0.05) is 96.1 Å². The third-order valence-corrected chi connectivity index (χ3v) is 12.8. The molecule has 4 nitrogen and oxygen atoms in total. The maximum absolute atomic E-state index is 14.0. The van der Waals surface area contributed by atoms with Gasteiger partial charge in [0.05, 0.1) is 25.0 Å². The van der Waals surface area contributed by atoms with Crippen LogP contribution in [0.25, 0.3) is 22.3 Å². The van der Waals surface area contributed by atoms with Crippen LogP contribution in [0.1, 0.15) is 33.4 Å². The molecule has 1 spiro atoms. The SMILES string of the molecule is Cc1ccc2c(c1)C1(c3cc(C)ccc3-2)c2cc(S(=O)(=O)c3ccccc3)ccc2-c2ccc(S(=O)(=O)c3ccccc3)cc21. The molecule has 45 heavy (non-hydrogen) atoms. The van der Waals surface area contributed by atoms with Gasteiger partial charge in [0.25, 0.3) is 0 Å². The van der Waals surface area contributed by atoms with Crippen molar-refractivity contribution in [3.05, 3.63) is 167 Å². The summed E-state index contributed by atoms with van der Waals surface area (Å²) in [7, 11) is -7.66. The van der Waals surface area contributed by atoms with E-state index < -0.39 is 25.1 Å². The summed E-state index contributed by atoms with van der Waals surface area (Å²) in [4.78, 5) is 0.855. The molecule has 0 N–H and O–H groups in total. The van der Waals surface area contributed by atoms with Crippen molar-refractivity contribution in [1.82, 2.24) is 0 Å². The fourth-order valence-corrected chi connectivity index (χ4v) is 9.84. The van der Waals surface area contributed by atoms with Crippen molar-refractivity contribution in [1.29, 1.82) is 0 Å². The van der Waals surface area contributed by atoms with Crippen LogP contribution in [0.4, 0.5) is 0 Å². The molecular weight excluding hydrogens is 597 g/mol. The number of aryl methyl sites for hydroxylation is 2. The van der Waals surface area contributed by atoms with Gasteiger partial charge >= 0.3 is 0 Å². The van der Waals surface area contributed by atoms with Crippen LogP contribution in [0.2, 0.25) is 0 Å². The molecule has 220 valence electrons. The van der Waals surface area contributed by atoms with Gasteiger partial charge < -0.3 is 0 Å². The Balaban J connectivity index is 1.49. The van der Waals surface area contributed by atoms with Gasteiger partial charge in [0.2, 0.25) is 19.7 Å². The van der Waals surface area contributed by atoms with Crippen molar-refractivity contribution in [3.8, 4) is 22.3 Å². The average molecular weight is 625 g/mol. The third kappa shape index (κ3) is 3.82. The Labute approximate surface area is 263 Å². The molecular formula is C39H28O4S2. The molecule has 0 saturated heterocycles. The molecule has 0 saturated carbocycles. The van der Waals surface area contributed by atoms with Gasteiger partial charge in [0.1, 0.15) is 0 Å². The lowest BCUT2D eigenvalue weighted by molar-refractivity contribution is 0.594. The van der Waals surface area contributed by atoms with Crippen molar-refractivity contribution >= 4 is 19.7 Å². The molecule has 6 aromatic carbocycles. The molecule has 0 heterocycles. The van der Waals surface area contributed by atoms with Crippen molar-refractivity contribution in [2.75, 3.05) is 0 Å². The van der Waals surface area contributed by atoms with Gasteiger partial charge in [-0.05, 0) is 107 Å². The van der Waals surface area contributed by atoms with E-state index in [4.69, 9.17) is 0 Å². The highest BCUT2D eigenvalue weighted by Crippen LogP contribution is 2.63. The highest BCUT2D eigenvalue weighted by atomic mass is 32.2. The van der Waals surface area contributed by atoms with Gasteiger partial charge in [0.15, 0.2) is 0 Å². The predicted molar refractivity (Wildman–Crippen MR) is 176 cm³/mol. The van der Waals surface area contributed by atoms with Crippen LogP contribution in [0, 0.1) is 13.8 Å². The number of sulfone groups is 2. The van der Waals surface area contributed by atoms with Gasteiger partial charge in [-0.3, -0.25) is 0 Å². The van der Waals surface area contributed by atoms with E-state index in [1.807, 2.05) is 38.1 Å². The largest absolute Gasteiger partial charge is 0.219 e. The zero-order valence-corrected chi connectivity index (χ0v) is 26.3. The predicted octanol–water partition coefficient (Wildman–Crippen LogP) is 8.31. The van der Waals surface area contributed by atoms with E-state index in [1.165, 1.54) is 0 Å². The molecule has 8 rings (SSSR count). The second-order valence-corrected chi connectivity index (χ2v) is 15.8. The van der Waals surface area contributed by atoms with Gasteiger partial charge in [-0.2, -0.15) is 0 Å². The van der Waals surface area contributed by atoms with E-state index in [9.17, 15) is 16.8 Å². The molecule has 2 aliphatic rings. The van der Waals surface area contributed by atoms with E-state index in [-0.39, 0.29) is 19.6 Å². The van der Waals surface area contributed by atoms with Crippen molar-refractivity contribution in [2.24, 2.45) is 0 Å². The first-order chi connectivity index (χ1) is 21.6. The molecule has 0 fully saturated rings. The number of rotatable bonds is 4. The van der Waals surface area contributed by atoms with Gasteiger partial charge in [-0.25, -0.2) is 16.8 Å². The molecule has 0 aromatic heterocycles. The smallest absolute Gasteiger partial charge is 0.206 e. The first-order valence-corrected chi connectivity index (χ1v) is 17.7. The second kappa shape index (κ2) is 9.61. The Hall–Kier alpha value is -4.78. The zero-order valence-electron chi connectivity index (χ0n) is 24.7. The third-order valence-electron chi connectivity index (χ3n) is 9.26. The minimum Gasteiger partial charge on any atom is -0.219 e. The summed E-state index contributed by atoms with van der Waals surface area (Å²) in [5, 5.41) is 0. The van der Waals surface area contributed by atoms with Crippen molar-refractivity contribution in [3.63, 3.8) is 0 Å². The van der Waals surface area contributed by atoms with Gasteiger partial charge in [0, 0.05) is 0 Å². The fourth-order valence-electron chi connectivity index (χ4n) is 7.22. The average Bonchev–Trinajstić information content (AvgIpc) is 3.51. The van der Waals surface area contributed by atoms with E-state index in [2.05, 4.69) is 36.4 Å². The first-order valence-electron chi connectivity index (χ1n) is 14.8. The van der Waals surface area contributed by atoms with Crippen LogP contribution in [-0.2, 0) is 25.1 Å². The van der Waals surface area contributed by atoms with Crippen LogP contribution >= 0.6 is 0 Å². The monoisotopic (exact) mass is 624 g/mol. The minimum atomic E-state index is -3.83. The maximum atomic E-state index is 14.0. The van der Waals surface area contributed by atoms with Crippen molar-refractivity contribution < 1.29 is 16.8 Å². The topological polar surface area (TPSA) is 68.3 Å². The number of benzene rings is 6. The van der Waals surface area contributed by atoms with E-state index in [0.29, 0.717) is 0 Å². The molecule has 0 unspecified atom stereocenters. The fraction of sp³-hybridized carbons (Fsp3) is 0.0769. The first kappa shape index (κ1) is 27.7. The Bertz CT molecular complexity index is 2240. The normalized spacial score (nSPS) is 14.1. The number of hydrogen-bond donors (Lipinski definition) is 0. The Morgan fingerprint density at radius 2 is 0.711 bits per heavy atom. The van der Waals surface area contributed by atoms with Crippen molar-refractivity contribution in [2.45, 2.75) is 38.8 Å². The zero-order chi connectivity index (χ0) is 31.1. The van der Waals surface area contributed by atoms with Crippen LogP contribution in [0.5, 0.6) is 0 Å². The Morgan fingerprint density at radius 1 is 0.378 bits per heavy atom. The molecule has 0 aliphatic heterocycles. The molecule has 2 aliphatic carbocycles. The standard InChI is InChI=1S/C39H28O4S2/c1-25-13-17-31-32-18-14-26(2)22-36(32)39(35(31)21-25)37-23-29(44(40,41)27-9-5-3-6-10-27)15-19-33(37)34-20-16-30(24-38(34)39)45(42,43)28-11-7-4-8-12-28/h3-24H,1-2H3. The Kier molecular flexibility index (Phi) is 5.92. The number of hydrogen-bond acceptors (Lipinski definition) is 4. The van der Waals surface area contributed by atoms with E-state index >= 15 is 0 Å². The molecule has 0 bridgehead atoms. The highest BCUT2D eigenvalue weighted by molar-refractivity contribution is 7.91. The summed E-state index contributed by atoms with van der Waals surface area (Å²) in [6.07, 6.45) is 0. The van der Waals surface area contributed by atoms with Crippen LogP contribution in [0.15, 0.2) is 153 Å². The summed E-state index contributed by atoms with van der Waals surface area (Å²) in [5.41, 5.74) is 8.81. The lowest BCUT2D eigenvalue weighted by atomic mass is 9.70.